The summed E-state index contributed by atoms with van der Waals surface area (Å²) >= 11 is 3.00. The summed E-state index contributed by atoms with van der Waals surface area (Å²) in [7, 11) is -2.76. The molecule has 0 saturated carbocycles. The van der Waals surface area contributed by atoms with Gasteiger partial charge in [-0.2, -0.15) is 0 Å². The van der Waals surface area contributed by atoms with Crippen molar-refractivity contribution in [2.75, 3.05) is 0 Å². The second-order valence-electron chi connectivity index (χ2n) is 0.357. The Bertz CT molecular complexity index is 46.1. The van der Waals surface area contributed by atoms with Crippen LogP contribution < -0.4 is 0 Å². The van der Waals surface area contributed by atoms with E-state index in [1.165, 1.54) is 0 Å². The minimum absolute atomic E-state index is 0. The van der Waals surface area contributed by atoms with Gasteiger partial charge >= 0.3 is 37.8 Å². The maximum absolute atomic E-state index is 9.25. The van der Waals surface area contributed by atoms with Gasteiger partial charge in [0, 0.05) is 0 Å². The first kappa shape index (κ1) is 10.5. The van der Waals surface area contributed by atoms with Gasteiger partial charge in [0.1, 0.15) is 0 Å². The predicted octanol–water partition coefficient (Wildman–Crippen LogP) is -0.419. The third-order valence-corrected chi connectivity index (χ3v) is 0.703. The van der Waals surface area contributed by atoms with Crippen molar-refractivity contribution in [1.29, 1.82) is 0 Å². The van der Waals surface area contributed by atoms with Crippen molar-refractivity contribution in [2.45, 2.75) is 0 Å². The van der Waals surface area contributed by atoms with E-state index >= 15 is 0 Å². The van der Waals surface area contributed by atoms with Crippen molar-refractivity contribution >= 4 is 50.7 Å². The van der Waals surface area contributed by atoms with Gasteiger partial charge in [0.05, 0.1) is 0 Å². The Morgan fingerprint density at radius 2 is 2.00 bits per heavy atom. The quantitative estimate of drug-likeness (QED) is 0.224. The van der Waals surface area contributed by atoms with E-state index in [0.717, 1.165) is 0 Å². The molecule has 0 aromatic carbocycles. The van der Waals surface area contributed by atoms with Gasteiger partial charge in [0.25, 0.3) is 0 Å². The summed E-state index contributed by atoms with van der Waals surface area (Å²) in [6.07, 6.45) is 0. The van der Waals surface area contributed by atoms with E-state index in [1.807, 2.05) is 0 Å². The van der Waals surface area contributed by atoms with E-state index in [2.05, 4.69) is 16.9 Å². The van der Waals surface area contributed by atoms with Crippen LogP contribution in [0.5, 0.6) is 0 Å². The van der Waals surface area contributed by atoms with Gasteiger partial charge in [-0.25, -0.2) is 3.97 Å². The molecule has 1 unspecified atom stereocenters. The average molecular weight is 138 g/mol. The van der Waals surface area contributed by atoms with Gasteiger partial charge in [0.15, 0.2) is 0 Å². The Morgan fingerprint density at radius 1 is 1.83 bits per heavy atom. The summed E-state index contributed by atoms with van der Waals surface area (Å²) in [5.41, 5.74) is 0. The first-order valence-electron chi connectivity index (χ1n) is 0.814. The number of rotatable bonds is 1. The summed E-state index contributed by atoms with van der Waals surface area (Å²) < 4.78 is 12.8. The van der Waals surface area contributed by atoms with Crippen LogP contribution in [0.2, 0.25) is 0 Å². The first-order chi connectivity index (χ1) is 2.27. The Labute approximate surface area is 63.9 Å². The zero-order chi connectivity index (χ0) is 4.28. The van der Waals surface area contributed by atoms with Crippen LogP contribution in [-0.2, 0) is 8.54 Å². The van der Waals surface area contributed by atoms with Crippen LogP contribution in [0, 0.1) is 0 Å². The van der Waals surface area contributed by atoms with Crippen LogP contribution in [0.3, 0.4) is 0 Å². The molecule has 1 N–H and O–H groups in total. The monoisotopic (exact) mass is 138 g/mol. The SMILES string of the molecule is O=[PH](O)OS.[NaH]. The van der Waals surface area contributed by atoms with Crippen molar-refractivity contribution in [1.82, 2.24) is 0 Å². The van der Waals surface area contributed by atoms with E-state index < -0.39 is 8.25 Å². The molecule has 0 aromatic heterocycles. The fourth-order valence-corrected chi connectivity index (χ4v) is 0. The van der Waals surface area contributed by atoms with Crippen LogP contribution in [0.25, 0.3) is 0 Å². The van der Waals surface area contributed by atoms with E-state index in [0.29, 0.717) is 0 Å². The number of hydrogen-bond acceptors (Lipinski definition) is 3. The maximum atomic E-state index is 9.25. The van der Waals surface area contributed by atoms with Crippen LogP contribution >= 0.6 is 21.2 Å². The van der Waals surface area contributed by atoms with Gasteiger partial charge in [-0.1, -0.05) is 0 Å². The molecule has 0 aromatic rings. The van der Waals surface area contributed by atoms with Crippen LogP contribution in [0.15, 0.2) is 0 Å². The second-order valence-corrected chi connectivity index (χ2v) is 1.62. The third kappa shape index (κ3) is 9.09. The molecule has 0 aliphatic carbocycles. The van der Waals surface area contributed by atoms with E-state index in [9.17, 15) is 4.57 Å². The molecule has 0 heterocycles. The normalized spacial score (nSPS) is 12.3. The Hall–Kier alpha value is 1.50. The van der Waals surface area contributed by atoms with Crippen LogP contribution in [0.1, 0.15) is 0 Å². The zero-order valence-corrected chi connectivity index (χ0v) is 4.11. The molecule has 1 atom stereocenters. The molecule has 0 aliphatic heterocycles. The summed E-state index contributed by atoms with van der Waals surface area (Å²) in [4.78, 5) is 7.61. The summed E-state index contributed by atoms with van der Waals surface area (Å²) in [5, 5.41) is 0. The van der Waals surface area contributed by atoms with E-state index in [-0.39, 0.29) is 29.6 Å². The fourth-order valence-electron chi connectivity index (χ4n) is 0. The Balaban J connectivity index is 0. The molecule has 34 valence electrons. The molecule has 0 rings (SSSR count). The van der Waals surface area contributed by atoms with Gasteiger partial charge in [-0.05, 0) is 12.9 Å². The van der Waals surface area contributed by atoms with Crippen molar-refractivity contribution in [3.63, 3.8) is 0 Å². The van der Waals surface area contributed by atoms with Crippen molar-refractivity contribution < 1.29 is 13.4 Å². The molecule has 6 heavy (non-hydrogen) atoms. The van der Waals surface area contributed by atoms with E-state index in [1.54, 1.807) is 0 Å². The molecule has 0 fully saturated rings. The molecule has 6 heteroatoms. The Kier molecular flexibility index (Phi) is 11.3. The third-order valence-electron chi connectivity index (χ3n) is 0.0781. The molecule has 0 amide bonds. The molecule has 3 nitrogen and oxygen atoms in total. The van der Waals surface area contributed by atoms with Gasteiger partial charge in [-0.3, -0.25) is 4.57 Å². The standard InChI is InChI=1S/Na.H3O3PS.H/c;1-4(2)3-5;/h;4-5H,(H,1,2);. The first-order valence-corrected chi connectivity index (χ1v) is 2.44. The summed E-state index contributed by atoms with van der Waals surface area (Å²) in [6.45, 7) is 0. The average Bonchev–Trinajstić information content (AvgIpc) is 1.38. The van der Waals surface area contributed by atoms with Crippen LogP contribution in [0.4, 0.5) is 0 Å². The van der Waals surface area contributed by atoms with Crippen LogP contribution in [-0.4, -0.2) is 34.5 Å². The zero-order valence-electron chi connectivity index (χ0n) is 2.21. The summed E-state index contributed by atoms with van der Waals surface area (Å²) in [6, 6.07) is 0. The van der Waals surface area contributed by atoms with Gasteiger partial charge in [-0.15, -0.1) is 0 Å². The molecular weight excluding hydrogens is 134 g/mol. The van der Waals surface area contributed by atoms with E-state index in [4.69, 9.17) is 4.89 Å². The predicted molar refractivity (Wildman–Crippen MR) is 28.4 cm³/mol. The molecule has 0 radical (unpaired) electrons. The van der Waals surface area contributed by atoms with Gasteiger partial charge < -0.3 is 4.89 Å². The molecule has 0 saturated heterocycles. The van der Waals surface area contributed by atoms with Crippen molar-refractivity contribution in [3.8, 4) is 0 Å². The topological polar surface area (TPSA) is 46.5 Å². The second kappa shape index (κ2) is 6.50. The minimum atomic E-state index is -2.76. The number of thiol groups is 1. The van der Waals surface area contributed by atoms with Crippen molar-refractivity contribution in [2.24, 2.45) is 0 Å². The molecular formula is H4NaO3PS. The Morgan fingerprint density at radius 3 is 2.00 bits per heavy atom. The molecule has 0 spiro atoms. The van der Waals surface area contributed by atoms with Gasteiger partial charge in [0.2, 0.25) is 0 Å². The molecule has 0 bridgehead atoms. The van der Waals surface area contributed by atoms with Crippen molar-refractivity contribution in [3.05, 3.63) is 0 Å². The summed E-state index contributed by atoms with van der Waals surface area (Å²) in [5.74, 6) is 0. The molecule has 0 aliphatic rings. The fraction of sp³-hybridized carbons (Fsp3) is 0. The number of hydrogen-bond donors (Lipinski definition) is 2.